The van der Waals surface area contributed by atoms with Crippen molar-refractivity contribution in [2.45, 2.75) is 19.8 Å². The minimum Gasteiger partial charge on any atom is -0.384 e. The Balaban J connectivity index is 1.62. The lowest BCUT2D eigenvalue weighted by Gasteiger charge is -2.34. The minimum absolute atomic E-state index is 0.420. The molecule has 110 valence electrons. The highest BCUT2D eigenvalue weighted by Gasteiger charge is 2.26. The van der Waals surface area contributed by atoms with Crippen LogP contribution in [0, 0.1) is 5.41 Å². The SMILES string of the molecule is CC1(CNc2ccc(-c3ccccc3)cc2)CCNCC1. The second kappa shape index (κ2) is 6.31. The van der Waals surface area contributed by atoms with Crippen LogP contribution in [0.3, 0.4) is 0 Å². The van der Waals surface area contributed by atoms with Gasteiger partial charge >= 0.3 is 0 Å². The van der Waals surface area contributed by atoms with E-state index in [1.54, 1.807) is 0 Å². The summed E-state index contributed by atoms with van der Waals surface area (Å²) in [6.45, 7) is 5.73. The standard InChI is InChI=1S/C19H24N2/c1-19(11-13-20-14-12-19)15-21-18-9-7-17(8-10-18)16-5-3-2-4-6-16/h2-10,20-21H,11-15H2,1H3. The number of rotatable bonds is 4. The third-order valence-electron chi connectivity index (χ3n) is 4.52. The molecule has 0 unspecified atom stereocenters. The molecule has 0 spiro atoms. The fraction of sp³-hybridized carbons (Fsp3) is 0.368. The van der Waals surface area contributed by atoms with Gasteiger partial charge in [0.15, 0.2) is 0 Å². The van der Waals surface area contributed by atoms with E-state index in [9.17, 15) is 0 Å². The van der Waals surface area contributed by atoms with Gasteiger partial charge in [-0.25, -0.2) is 0 Å². The van der Waals surface area contributed by atoms with Crippen LogP contribution in [0.1, 0.15) is 19.8 Å². The summed E-state index contributed by atoms with van der Waals surface area (Å²) in [4.78, 5) is 0. The molecule has 1 aliphatic rings. The lowest BCUT2D eigenvalue weighted by molar-refractivity contribution is 0.247. The molecule has 0 aliphatic carbocycles. The Bertz CT molecular complexity index is 554. The molecule has 1 heterocycles. The third kappa shape index (κ3) is 3.64. The number of nitrogens with one attached hydrogen (secondary N) is 2. The van der Waals surface area contributed by atoms with Crippen molar-refractivity contribution in [3.05, 3.63) is 54.6 Å². The first-order valence-electron chi connectivity index (χ1n) is 7.85. The summed E-state index contributed by atoms with van der Waals surface area (Å²) in [5, 5.41) is 7.04. The summed E-state index contributed by atoms with van der Waals surface area (Å²) in [6, 6.07) is 19.3. The number of hydrogen-bond donors (Lipinski definition) is 2. The van der Waals surface area contributed by atoms with Gasteiger partial charge < -0.3 is 10.6 Å². The summed E-state index contributed by atoms with van der Waals surface area (Å²) in [5.74, 6) is 0. The third-order valence-corrected chi connectivity index (χ3v) is 4.52. The molecule has 2 aromatic carbocycles. The van der Waals surface area contributed by atoms with Crippen molar-refractivity contribution >= 4 is 5.69 Å². The van der Waals surface area contributed by atoms with Crippen LogP contribution >= 0.6 is 0 Å². The van der Waals surface area contributed by atoms with Gasteiger partial charge in [-0.2, -0.15) is 0 Å². The normalized spacial score (nSPS) is 17.4. The second-order valence-electron chi connectivity index (χ2n) is 6.36. The van der Waals surface area contributed by atoms with Gasteiger partial charge in [0.25, 0.3) is 0 Å². The van der Waals surface area contributed by atoms with Crippen LogP contribution in [0.25, 0.3) is 11.1 Å². The lowest BCUT2D eigenvalue weighted by atomic mass is 9.81. The summed E-state index contributed by atoms with van der Waals surface area (Å²) in [5.41, 5.74) is 4.18. The van der Waals surface area contributed by atoms with Gasteiger partial charge in [0.2, 0.25) is 0 Å². The lowest BCUT2D eigenvalue weighted by Crippen LogP contribution is -2.39. The van der Waals surface area contributed by atoms with Crippen LogP contribution < -0.4 is 10.6 Å². The highest BCUT2D eigenvalue weighted by atomic mass is 14.9. The van der Waals surface area contributed by atoms with E-state index < -0.39 is 0 Å². The topological polar surface area (TPSA) is 24.1 Å². The number of benzene rings is 2. The molecule has 2 nitrogen and oxygen atoms in total. The maximum Gasteiger partial charge on any atom is 0.0340 e. The van der Waals surface area contributed by atoms with E-state index in [0.717, 1.165) is 19.6 Å². The highest BCUT2D eigenvalue weighted by molar-refractivity contribution is 5.65. The predicted octanol–water partition coefficient (Wildman–Crippen LogP) is 4.16. The Morgan fingerprint density at radius 3 is 2.19 bits per heavy atom. The van der Waals surface area contributed by atoms with E-state index in [2.05, 4.69) is 72.2 Å². The average molecular weight is 280 g/mol. The molecule has 1 saturated heterocycles. The zero-order valence-corrected chi connectivity index (χ0v) is 12.7. The first kappa shape index (κ1) is 14.2. The van der Waals surface area contributed by atoms with Gasteiger partial charge in [-0.05, 0) is 54.6 Å². The molecular formula is C19H24N2. The molecule has 0 aromatic heterocycles. The molecular weight excluding hydrogens is 256 g/mol. The average Bonchev–Trinajstić information content (AvgIpc) is 2.55. The first-order valence-corrected chi connectivity index (χ1v) is 7.85. The van der Waals surface area contributed by atoms with Crippen LogP contribution in [0.15, 0.2) is 54.6 Å². The molecule has 2 N–H and O–H groups in total. The fourth-order valence-electron chi connectivity index (χ4n) is 2.93. The van der Waals surface area contributed by atoms with Crippen LogP contribution in [0.5, 0.6) is 0 Å². The van der Waals surface area contributed by atoms with Crippen LogP contribution in [0.2, 0.25) is 0 Å². The summed E-state index contributed by atoms with van der Waals surface area (Å²) in [7, 11) is 0. The highest BCUT2D eigenvalue weighted by Crippen LogP contribution is 2.28. The molecule has 2 heteroatoms. The Morgan fingerprint density at radius 2 is 1.52 bits per heavy atom. The monoisotopic (exact) mass is 280 g/mol. The van der Waals surface area contributed by atoms with Crippen molar-refractivity contribution in [2.24, 2.45) is 5.41 Å². The van der Waals surface area contributed by atoms with Crippen LogP contribution in [0.4, 0.5) is 5.69 Å². The summed E-state index contributed by atoms with van der Waals surface area (Å²) in [6.07, 6.45) is 2.50. The second-order valence-corrected chi connectivity index (χ2v) is 6.36. The predicted molar refractivity (Wildman–Crippen MR) is 90.6 cm³/mol. The molecule has 3 rings (SSSR count). The number of anilines is 1. The van der Waals surface area contributed by atoms with Crippen LogP contribution in [-0.2, 0) is 0 Å². The maximum absolute atomic E-state index is 3.61. The van der Waals surface area contributed by atoms with Gasteiger partial charge in [-0.15, -0.1) is 0 Å². The molecule has 1 aliphatic heterocycles. The fourth-order valence-corrected chi connectivity index (χ4v) is 2.93. The van der Waals surface area contributed by atoms with Crippen molar-refractivity contribution < 1.29 is 0 Å². The van der Waals surface area contributed by atoms with Gasteiger partial charge in [0.1, 0.15) is 0 Å². The summed E-state index contributed by atoms with van der Waals surface area (Å²) >= 11 is 0. The largest absolute Gasteiger partial charge is 0.384 e. The van der Waals surface area contributed by atoms with Crippen molar-refractivity contribution in [1.29, 1.82) is 0 Å². The zero-order valence-electron chi connectivity index (χ0n) is 12.7. The van der Waals surface area contributed by atoms with E-state index >= 15 is 0 Å². The summed E-state index contributed by atoms with van der Waals surface area (Å²) < 4.78 is 0. The minimum atomic E-state index is 0.420. The number of hydrogen-bond acceptors (Lipinski definition) is 2. The molecule has 0 bridgehead atoms. The van der Waals surface area contributed by atoms with E-state index in [1.807, 2.05) is 0 Å². The molecule has 0 atom stereocenters. The van der Waals surface area contributed by atoms with Crippen LogP contribution in [-0.4, -0.2) is 19.6 Å². The molecule has 0 amide bonds. The molecule has 2 aromatic rings. The quantitative estimate of drug-likeness (QED) is 0.879. The van der Waals surface area contributed by atoms with Gasteiger partial charge in [-0.1, -0.05) is 49.4 Å². The maximum atomic E-state index is 3.61. The van der Waals surface area contributed by atoms with E-state index in [0.29, 0.717) is 5.41 Å². The molecule has 0 radical (unpaired) electrons. The first-order chi connectivity index (χ1) is 10.3. The van der Waals surface area contributed by atoms with Gasteiger partial charge in [-0.3, -0.25) is 0 Å². The van der Waals surface area contributed by atoms with Crippen molar-refractivity contribution in [2.75, 3.05) is 25.0 Å². The molecule has 21 heavy (non-hydrogen) atoms. The van der Waals surface area contributed by atoms with E-state index in [-0.39, 0.29) is 0 Å². The van der Waals surface area contributed by atoms with E-state index in [1.165, 1.54) is 29.7 Å². The van der Waals surface area contributed by atoms with Gasteiger partial charge in [0, 0.05) is 12.2 Å². The zero-order chi connectivity index (χ0) is 14.5. The van der Waals surface area contributed by atoms with Crippen molar-refractivity contribution in [1.82, 2.24) is 5.32 Å². The molecule has 1 fully saturated rings. The smallest absolute Gasteiger partial charge is 0.0340 e. The number of piperidine rings is 1. The van der Waals surface area contributed by atoms with Crippen molar-refractivity contribution in [3.8, 4) is 11.1 Å². The van der Waals surface area contributed by atoms with Gasteiger partial charge in [0.05, 0.1) is 0 Å². The Morgan fingerprint density at radius 1 is 0.905 bits per heavy atom. The van der Waals surface area contributed by atoms with Crippen molar-refractivity contribution in [3.63, 3.8) is 0 Å². The van der Waals surface area contributed by atoms with E-state index in [4.69, 9.17) is 0 Å². The Hall–Kier alpha value is -1.80. The Labute approximate surface area is 127 Å². The molecule has 0 saturated carbocycles. The Kier molecular flexibility index (Phi) is 4.26.